The molecule has 0 unspecified atom stereocenters. The number of ether oxygens (including phenoxy) is 1. The molecule has 8 heteroatoms. The zero-order chi connectivity index (χ0) is 14.1. The maximum Gasteiger partial charge on any atom is 0.181 e. The van der Waals surface area contributed by atoms with Crippen LogP contribution >= 0.6 is 11.8 Å². The van der Waals surface area contributed by atoms with Gasteiger partial charge in [0.2, 0.25) is 0 Å². The molecule has 3 aromatic rings. The van der Waals surface area contributed by atoms with Crippen LogP contribution in [0.1, 0.15) is 0 Å². The number of fused-ring (bicyclic) bond motifs is 1. The molecule has 2 aromatic heterocycles. The van der Waals surface area contributed by atoms with Crippen LogP contribution in [0.2, 0.25) is 0 Å². The minimum atomic E-state index is -0.497. The second-order valence-corrected chi connectivity index (χ2v) is 4.94. The van der Waals surface area contributed by atoms with Crippen molar-refractivity contribution >= 4 is 28.6 Å². The van der Waals surface area contributed by atoms with E-state index >= 15 is 0 Å². The molecule has 0 aliphatic heterocycles. The Kier molecular flexibility index (Phi) is 3.15. The number of nitrogens with zero attached hydrogens (tertiary/aromatic N) is 3. The number of nitrogen functional groups attached to an aromatic ring is 1. The first-order chi connectivity index (χ1) is 9.69. The van der Waals surface area contributed by atoms with E-state index in [1.807, 2.05) is 0 Å². The number of nitrogens with one attached hydrogen (secondary N) is 1. The average Bonchev–Trinajstić information content (AvgIpc) is 2.91. The molecular weight excluding hydrogens is 281 g/mol. The summed E-state index contributed by atoms with van der Waals surface area (Å²) in [5.74, 6) is -0.361. The van der Waals surface area contributed by atoms with Crippen LogP contribution in [0.5, 0.6) is 5.75 Å². The molecule has 2 heterocycles. The molecule has 0 spiro atoms. The van der Waals surface area contributed by atoms with Crippen LogP contribution in [0.15, 0.2) is 34.7 Å². The molecule has 20 heavy (non-hydrogen) atoms. The first kappa shape index (κ1) is 12.7. The lowest BCUT2D eigenvalue weighted by Gasteiger charge is -2.08. The Balaban J connectivity index is 2.05. The van der Waals surface area contributed by atoms with Gasteiger partial charge in [0.1, 0.15) is 16.9 Å². The molecule has 0 saturated carbocycles. The molecule has 1 aromatic carbocycles. The van der Waals surface area contributed by atoms with Gasteiger partial charge in [-0.25, -0.2) is 19.3 Å². The number of H-pyrrole nitrogens is 1. The quantitative estimate of drug-likeness (QED) is 0.568. The third-order valence-electron chi connectivity index (χ3n) is 2.68. The maximum atomic E-state index is 13.5. The molecule has 3 rings (SSSR count). The smallest absolute Gasteiger partial charge is 0.181 e. The number of benzene rings is 1. The molecule has 3 N–H and O–H groups in total. The van der Waals surface area contributed by atoms with Crippen molar-refractivity contribution in [2.75, 3.05) is 12.8 Å². The van der Waals surface area contributed by atoms with E-state index in [0.717, 1.165) is 0 Å². The second kappa shape index (κ2) is 4.97. The van der Waals surface area contributed by atoms with E-state index in [9.17, 15) is 4.39 Å². The van der Waals surface area contributed by atoms with Crippen LogP contribution in [-0.4, -0.2) is 27.0 Å². The topological polar surface area (TPSA) is 89.7 Å². The Bertz CT molecular complexity index is 776. The molecule has 102 valence electrons. The number of aromatic amines is 1. The van der Waals surface area contributed by atoms with Crippen LogP contribution < -0.4 is 10.5 Å². The highest BCUT2D eigenvalue weighted by Gasteiger charge is 2.13. The summed E-state index contributed by atoms with van der Waals surface area (Å²) >= 11 is 1.29. The number of hydrogen-bond acceptors (Lipinski definition) is 6. The number of anilines is 1. The summed E-state index contributed by atoms with van der Waals surface area (Å²) in [5, 5.41) is 0.660. The van der Waals surface area contributed by atoms with Gasteiger partial charge < -0.3 is 15.5 Å². The Labute approximate surface area is 117 Å². The minimum absolute atomic E-state index is 0.136. The summed E-state index contributed by atoms with van der Waals surface area (Å²) in [6.07, 6.45) is 2.96. The van der Waals surface area contributed by atoms with Crippen LogP contribution in [-0.2, 0) is 0 Å². The monoisotopic (exact) mass is 291 g/mol. The van der Waals surface area contributed by atoms with Gasteiger partial charge in [-0.3, -0.25) is 0 Å². The number of nitrogens with two attached hydrogens (primary N) is 1. The summed E-state index contributed by atoms with van der Waals surface area (Å²) in [5.41, 5.74) is 7.42. The van der Waals surface area contributed by atoms with E-state index in [4.69, 9.17) is 10.5 Å². The molecule has 0 amide bonds. The van der Waals surface area contributed by atoms with Gasteiger partial charge in [-0.05, 0) is 6.07 Å². The van der Waals surface area contributed by atoms with Gasteiger partial charge in [-0.15, -0.1) is 0 Å². The van der Waals surface area contributed by atoms with Gasteiger partial charge in [0.25, 0.3) is 0 Å². The number of halogens is 1. The van der Waals surface area contributed by atoms with Gasteiger partial charge in [-0.1, -0.05) is 11.8 Å². The van der Waals surface area contributed by atoms with Crippen LogP contribution in [0.4, 0.5) is 10.1 Å². The number of imidazole rings is 1. The van der Waals surface area contributed by atoms with Gasteiger partial charge in [-0.2, -0.15) is 0 Å². The highest BCUT2D eigenvalue weighted by atomic mass is 32.2. The average molecular weight is 291 g/mol. The first-order valence-electron chi connectivity index (χ1n) is 5.64. The normalized spacial score (nSPS) is 10.9. The van der Waals surface area contributed by atoms with E-state index in [1.54, 1.807) is 6.07 Å². The number of hydrogen-bond donors (Lipinski definition) is 2. The summed E-state index contributed by atoms with van der Waals surface area (Å²) in [7, 11) is 1.40. The number of aromatic nitrogens is 4. The van der Waals surface area contributed by atoms with Crippen LogP contribution in [0.3, 0.4) is 0 Å². The molecule has 0 aliphatic rings. The molecule has 6 nitrogen and oxygen atoms in total. The Morgan fingerprint density at radius 3 is 2.95 bits per heavy atom. The van der Waals surface area contributed by atoms with Crippen molar-refractivity contribution < 1.29 is 9.13 Å². The predicted molar refractivity (Wildman–Crippen MR) is 73.2 cm³/mol. The van der Waals surface area contributed by atoms with Crippen LogP contribution in [0.25, 0.3) is 11.2 Å². The lowest BCUT2D eigenvalue weighted by atomic mass is 10.3. The lowest BCUT2D eigenvalue weighted by molar-refractivity contribution is 0.385. The minimum Gasteiger partial charge on any atom is -0.494 e. The van der Waals surface area contributed by atoms with E-state index in [2.05, 4.69) is 19.9 Å². The van der Waals surface area contributed by atoms with Crippen molar-refractivity contribution in [1.82, 2.24) is 19.9 Å². The van der Waals surface area contributed by atoms with Gasteiger partial charge >= 0.3 is 0 Å². The third kappa shape index (κ3) is 2.14. The van der Waals surface area contributed by atoms with Crippen molar-refractivity contribution in [3.63, 3.8) is 0 Å². The fourth-order valence-electron chi connectivity index (χ4n) is 1.72. The van der Waals surface area contributed by atoms with Crippen molar-refractivity contribution in [3.8, 4) is 5.75 Å². The van der Waals surface area contributed by atoms with E-state index in [1.165, 1.54) is 37.6 Å². The van der Waals surface area contributed by atoms with E-state index in [0.29, 0.717) is 26.8 Å². The number of methoxy groups -OCH3 is 1. The summed E-state index contributed by atoms with van der Waals surface area (Å²) < 4.78 is 18.5. The fraction of sp³-hybridized carbons (Fsp3) is 0.0833. The molecule has 0 saturated heterocycles. The Morgan fingerprint density at radius 1 is 1.30 bits per heavy atom. The number of rotatable bonds is 3. The molecule has 0 atom stereocenters. The summed E-state index contributed by atoms with van der Waals surface area (Å²) in [6.45, 7) is 0. The SMILES string of the molecule is COc1cc(Sc2ncnc3nc[nH]c23)c(N)cc1F. The van der Waals surface area contributed by atoms with Crippen molar-refractivity contribution in [2.45, 2.75) is 9.92 Å². The standard InChI is InChI=1S/C12H10FN5OS/c1-19-8-3-9(7(14)2-6(8)13)20-12-10-11(16-4-15-10)17-5-18-12/h2-5H,14H2,1H3,(H,15,16,17,18). The summed E-state index contributed by atoms with van der Waals surface area (Å²) in [4.78, 5) is 15.9. The van der Waals surface area contributed by atoms with Crippen molar-refractivity contribution in [2.24, 2.45) is 0 Å². The summed E-state index contributed by atoms with van der Waals surface area (Å²) in [6, 6.07) is 2.77. The van der Waals surface area contributed by atoms with Gasteiger partial charge in [0, 0.05) is 16.6 Å². The molecule has 0 fully saturated rings. The van der Waals surface area contributed by atoms with Gasteiger partial charge in [0.05, 0.1) is 13.4 Å². The fourth-order valence-corrected chi connectivity index (χ4v) is 2.62. The molecular formula is C12H10FN5OS. The van der Waals surface area contributed by atoms with Gasteiger partial charge in [0.15, 0.2) is 17.2 Å². The lowest BCUT2D eigenvalue weighted by Crippen LogP contribution is -1.95. The van der Waals surface area contributed by atoms with Crippen molar-refractivity contribution in [3.05, 3.63) is 30.6 Å². The zero-order valence-corrected chi connectivity index (χ0v) is 11.2. The predicted octanol–water partition coefficient (Wildman–Crippen LogP) is 2.23. The Hall–Kier alpha value is -2.35. The Morgan fingerprint density at radius 2 is 2.15 bits per heavy atom. The van der Waals surface area contributed by atoms with Crippen LogP contribution in [0, 0.1) is 5.82 Å². The van der Waals surface area contributed by atoms with E-state index in [-0.39, 0.29) is 5.75 Å². The molecule has 0 bridgehead atoms. The van der Waals surface area contributed by atoms with E-state index < -0.39 is 5.82 Å². The highest BCUT2D eigenvalue weighted by Crippen LogP contribution is 2.36. The molecule has 0 radical (unpaired) electrons. The van der Waals surface area contributed by atoms with Crippen molar-refractivity contribution in [1.29, 1.82) is 0 Å². The largest absolute Gasteiger partial charge is 0.494 e. The second-order valence-electron chi connectivity index (χ2n) is 3.91. The maximum absolute atomic E-state index is 13.5. The zero-order valence-electron chi connectivity index (χ0n) is 10.4. The highest BCUT2D eigenvalue weighted by molar-refractivity contribution is 7.99. The third-order valence-corrected chi connectivity index (χ3v) is 3.76. The first-order valence-corrected chi connectivity index (χ1v) is 6.45. The molecule has 0 aliphatic carbocycles.